The maximum Gasteiger partial charge on any atom is 0.161 e. The first-order chi connectivity index (χ1) is 8.62. The third kappa shape index (κ3) is 4.08. The zero-order chi connectivity index (χ0) is 13.5. The largest absolute Gasteiger partial charge is 0.493 e. The summed E-state index contributed by atoms with van der Waals surface area (Å²) in [7, 11) is 3.26. The van der Waals surface area contributed by atoms with E-state index in [9.17, 15) is 5.11 Å². The van der Waals surface area contributed by atoms with E-state index in [1.54, 1.807) is 32.9 Å². The van der Waals surface area contributed by atoms with Gasteiger partial charge in [0, 0.05) is 18.0 Å². The highest BCUT2D eigenvalue weighted by atomic mass is 32.2. The summed E-state index contributed by atoms with van der Waals surface area (Å²) in [4.78, 5) is 1.14. The number of methoxy groups -OCH3 is 2. The molecule has 1 aromatic carbocycles. The van der Waals surface area contributed by atoms with E-state index >= 15 is 0 Å². The lowest BCUT2D eigenvalue weighted by Crippen LogP contribution is -2.24. The van der Waals surface area contributed by atoms with Crippen molar-refractivity contribution in [1.82, 2.24) is 5.32 Å². The van der Waals surface area contributed by atoms with Gasteiger partial charge < -0.3 is 19.9 Å². The number of hydrogen-bond donors (Lipinski definition) is 2. The summed E-state index contributed by atoms with van der Waals surface area (Å²) in [6.45, 7) is 3.03. The molecule has 0 spiro atoms. The van der Waals surface area contributed by atoms with Crippen LogP contribution in [-0.2, 0) is 6.54 Å². The molecule has 2 N–H and O–H groups in total. The normalized spacial score (nSPS) is 12.3. The highest BCUT2D eigenvalue weighted by Crippen LogP contribution is 2.34. The van der Waals surface area contributed by atoms with Gasteiger partial charge in [0.15, 0.2) is 11.5 Å². The average molecular weight is 271 g/mol. The van der Waals surface area contributed by atoms with Crippen molar-refractivity contribution in [2.45, 2.75) is 24.5 Å². The van der Waals surface area contributed by atoms with Gasteiger partial charge in [0.25, 0.3) is 0 Å². The molecule has 0 saturated heterocycles. The minimum Gasteiger partial charge on any atom is -0.493 e. The van der Waals surface area contributed by atoms with Gasteiger partial charge >= 0.3 is 0 Å². The van der Waals surface area contributed by atoms with Gasteiger partial charge in [-0.3, -0.25) is 0 Å². The van der Waals surface area contributed by atoms with Gasteiger partial charge in [-0.25, -0.2) is 0 Å². The maximum absolute atomic E-state index is 9.23. The second kappa shape index (κ2) is 7.51. The van der Waals surface area contributed by atoms with Crippen LogP contribution >= 0.6 is 11.8 Å². The van der Waals surface area contributed by atoms with Crippen molar-refractivity contribution in [2.75, 3.05) is 27.0 Å². The highest BCUT2D eigenvalue weighted by molar-refractivity contribution is 7.98. The minimum atomic E-state index is -0.345. The van der Waals surface area contributed by atoms with Crippen molar-refractivity contribution in [2.24, 2.45) is 0 Å². The molecule has 0 bridgehead atoms. The fraction of sp³-hybridized carbons (Fsp3) is 0.538. The Kier molecular flexibility index (Phi) is 6.32. The molecule has 4 nitrogen and oxygen atoms in total. The molecule has 0 aliphatic carbocycles. The van der Waals surface area contributed by atoms with Crippen molar-refractivity contribution >= 4 is 11.8 Å². The molecule has 5 heteroatoms. The van der Waals surface area contributed by atoms with Crippen LogP contribution in [-0.4, -0.2) is 38.2 Å². The molecular weight excluding hydrogens is 250 g/mol. The lowest BCUT2D eigenvalue weighted by atomic mass is 10.2. The van der Waals surface area contributed by atoms with Crippen LogP contribution in [0.5, 0.6) is 11.5 Å². The van der Waals surface area contributed by atoms with Gasteiger partial charge in [0.1, 0.15) is 0 Å². The zero-order valence-corrected chi connectivity index (χ0v) is 12.1. The van der Waals surface area contributed by atoms with Crippen LogP contribution in [0.1, 0.15) is 12.5 Å². The number of hydrogen-bond acceptors (Lipinski definition) is 5. The van der Waals surface area contributed by atoms with E-state index in [1.165, 1.54) is 0 Å². The van der Waals surface area contributed by atoms with Crippen LogP contribution in [0.4, 0.5) is 0 Å². The summed E-state index contributed by atoms with van der Waals surface area (Å²) in [5.74, 6) is 1.46. The van der Waals surface area contributed by atoms with E-state index < -0.39 is 0 Å². The summed E-state index contributed by atoms with van der Waals surface area (Å²) in [5.41, 5.74) is 1.14. The van der Waals surface area contributed by atoms with Crippen LogP contribution in [0.2, 0.25) is 0 Å². The molecule has 1 aromatic rings. The van der Waals surface area contributed by atoms with Crippen molar-refractivity contribution < 1.29 is 14.6 Å². The Balaban J connectivity index is 2.87. The first kappa shape index (κ1) is 15.1. The van der Waals surface area contributed by atoms with E-state index in [2.05, 4.69) is 5.32 Å². The summed E-state index contributed by atoms with van der Waals surface area (Å²) in [6.07, 6.45) is 1.68. The fourth-order valence-electron chi connectivity index (χ4n) is 1.65. The second-order valence-corrected chi connectivity index (χ2v) is 4.85. The van der Waals surface area contributed by atoms with Crippen LogP contribution < -0.4 is 14.8 Å². The summed E-state index contributed by atoms with van der Waals surface area (Å²) in [5, 5.41) is 12.4. The zero-order valence-electron chi connectivity index (χ0n) is 11.3. The third-order valence-corrected chi connectivity index (χ3v) is 3.36. The number of nitrogens with one attached hydrogen (secondary N) is 1. The topological polar surface area (TPSA) is 50.7 Å². The Labute approximate surface area is 113 Å². The number of benzene rings is 1. The molecule has 1 unspecified atom stereocenters. The second-order valence-electron chi connectivity index (χ2n) is 4.00. The summed E-state index contributed by atoms with van der Waals surface area (Å²) < 4.78 is 10.6. The van der Waals surface area contributed by atoms with Gasteiger partial charge in [-0.15, -0.1) is 11.8 Å². The van der Waals surface area contributed by atoms with Crippen molar-refractivity contribution in [1.29, 1.82) is 0 Å². The average Bonchev–Trinajstić information content (AvgIpc) is 2.37. The maximum atomic E-state index is 9.23. The molecule has 0 amide bonds. The van der Waals surface area contributed by atoms with Crippen molar-refractivity contribution in [3.63, 3.8) is 0 Å². The Morgan fingerprint density at radius 1 is 1.28 bits per heavy atom. The van der Waals surface area contributed by atoms with Gasteiger partial charge in [-0.1, -0.05) is 0 Å². The Morgan fingerprint density at radius 3 is 2.39 bits per heavy atom. The smallest absolute Gasteiger partial charge is 0.161 e. The molecule has 0 aliphatic rings. The van der Waals surface area contributed by atoms with E-state index in [1.807, 2.05) is 18.4 Å². The third-order valence-electron chi connectivity index (χ3n) is 2.54. The molecule has 18 heavy (non-hydrogen) atoms. The Bertz CT molecular complexity index is 383. The number of thioether (sulfide) groups is 1. The lowest BCUT2D eigenvalue weighted by Gasteiger charge is -2.14. The molecule has 0 fully saturated rings. The van der Waals surface area contributed by atoms with Gasteiger partial charge in [0.05, 0.1) is 20.3 Å². The van der Waals surface area contributed by atoms with Crippen LogP contribution in [0, 0.1) is 0 Å². The van der Waals surface area contributed by atoms with Crippen LogP contribution in [0.25, 0.3) is 0 Å². The molecule has 0 heterocycles. The van der Waals surface area contributed by atoms with Crippen molar-refractivity contribution in [3.05, 3.63) is 17.7 Å². The van der Waals surface area contributed by atoms with Gasteiger partial charge in [-0.05, 0) is 30.9 Å². The van der Waals surface area contributed by atoms with E-state index in [0.717, 1.165) is 22.0 Å². The molecule has 1 atom stereocenters. The summed E-state index contributed by atoms with van der Waals surface area (Å²) >= 11 is 1.66. The summed E-state index contributed by atoms with van der Waals surface area (Å²) in [6, 6.07) is 3.95. The van der Waals surface area contributed by atoms with E-state index in [-0.39, 0.29) is 6.10 Å². The van der Waals surface area contributed by atoms with E-state index in [4.69, 9.17) is 9.47 Å². The lowest BCUT2D eigenvalue weighted by molar-refractivity contribution is 0.191. The molecule has 1 rings (SSSR count). The number of aliphatic hydroxyl groups is 1. The van der Waals surface area contributed by atoms with Gasteiger partial charge in [0.2, 0.25) is 0 Å². The van der Waals surface area contributed by atoms with Crippen LogP contribution in [0.3, 0.4) is 0 Å². The Hall–Kier alpha value is -0.910. The standard InChI is InChI=1S/C13H21NO3S/c1-9(15)7-14-8-10-5-11(16-2)12(17-3)6-13(10)18-4/h5-6,9,14-15H,7-8H2,1-4H3. The SMILES string of the molecule is COc1cc(CNCC(C)O)c(SC)cc1OC. The predicted octanol–water partition coefficient (Wildman–Crippen LogP) is 1.90. The highest BCUT2D eigenvalue weighted by Gasteiger charge is 2.10. The fourth-order valence-corrected chi connectivity index (χ4v) is 2.26. The van der Waals surface area contributed by atoms with E-state index in [0.29, 0.717) is 13.1 Å². The molecule has 0 radical (unpaired) electrons. The number of ether oxygens (including phenoxy) is 2. The monoisotopic (exact) mass is 271 g/mol. The first-order valence-corrected chi connectivity index (χ1v) is 7.02. The molecular formula is C13H21NO3S. The molecule has 0 saturated carbocycles. The Morgan fingerprint density at radius 2 is 1.89 bits per heavy atom. The molecule has 0 aliphatic heterocycles. The quantitative estimate of drug-likeness (QED) is 0.742. The minimum absolute atomic E-state index is 0.345. The van der Waals surface area contributed by atoms with Crippen molar-refractivity contribution in [3.8, 4) is 11.5 Å². The molecule has 102 valence electrons. The number of aliphatic hydroxyl groups excluding tert-OH is 1. The molecule has 0 aromatic heterocycles. The van der Waals surface area contributed by atoms with Crippen LogP contribution in [0.15, 0.2) is 17.0 Å². The number of rotatable bonds is 7. The first-order valence-electron chi connectivity index (χ1n) is 5.80. The predicted molar refractivity (Wildman–Crippen MR) is 74.7 cm³/mol. The van der Waals surface area contributed by atoms with Gasteiger partial charge in [-0.2, -0.15) is 0 Å².